The number of hydrogen-bond donors (Lipinski definition) is 1. The van der Waals surface area contributed by atoms with Crippen LogP contribution in [-0.4, -0.2) is 19.3 Å². The van der Waals surface area contributed by atoms with Crippen LogP contribution in [0.15, 0.2) is 21.9 Å². The maximum atomic E-state index is 11.9. The van der Waals surface area contributed by atoms with E-state index in [1.165, 1.54) is 23.2 Å². The first-order valence-corrected chi connectivity index (χ1v) is 6.97. The molecule has 0 saturated carbocycles. The van der Waals surface area contributed by atoms with Crippen LogP contribution in [0.4, 0.5) is 0 Å². The quantitative estimate of drug-likeness (QED) is 0.887. The molecular weight excluding hydrogens is 272 g/mol. The second-order valence-electron chi connectivity index (χ2n) is 5.38. The van der Waals surface area contributed by atoms with Gasteiger partial charge in [0.05, 0.1) is 30.3 Å². The zero-order valence-corrected chi connectivity index (χ0v) is 12.1. The van der Waals surface area contributed by atoms with Crippen molar-refractivity contribution in [3.63, 3.8) is 0 Å². The van der Waals surface area contributed by atoms with Crippen molar-refractivity contribution < 1.29 is 4.74 Å². The maximum absolute atomic E-state index is 11.9. The average molecular weight is 290 g/mol. The molecule has 0 fully saturated rings. The number of nitrogens with zero attached hydrogens (tertiary/aromatic N) is 3. The number of H-pyrrole nitrogens is 1. The van der Waals surface area contributed by atoms with E-state index in [4.69, 9.17) is 4.74 Å². The van der Waals surface area contributed by atoms with Crippen LogP contribution in [0.1, 0.15) is 35.9 Å². The summed E-state index contributed by atoms with van der Waals surface area (Å²) in [5.41, 5.74) is 2.11. The molecule has 2 heterocycles. The highest BCUT2D eigenvalue weighted by Crippen LogP contribution is 2.31. The van der Waals surface area contributed by atoms with Crippen LogP contribution >= 0.6 is 0 Å². The van der Waals surface area contributed by atoms with Gasteiger partial charge in [-0.3, -0.25) is 19.0 Å². The highest BCUT2D eigenvalue weighted by Gasteiger charge is 2.23. The molecule has 3 rings (SSSR count). The molecule has 2 aromatic heterocycles. The number of aryl methyl sites for hydroxylation is 1. The number of hydrogen-bond acceptors (Lipinski definition) is 4. The van der Waals surface area contributed by atoms with Gasteiger partial charge in [0, 0.05) is 20.2 Å². The van der Waals surface area contributed by atoms with Gasteiger partial charge < -0.3 is 4.74 Å². The molecule has 1 unspecified atom stereocenters. The molecule has 1 aliphatic carbocycles. The summed E-state index contributed by atoms with van der Waals surface area (Å²) in [6, 6.07) is 1.44. The van der Waals surface area contributed by atoms with Gasteiger partial charge in [0.1, 0.15) is 0 Å². The summed E-state index contributed by atoms with van der Waals surface area (Å²) in [6.07, 6.45) is 4.74. The average Bonchev–Trinajstić information content (AvgIpc) is 2.96. The van der Waals surface area contributed by atoms with E-state index in [0.717, 1.165) is 29.5 Å². The Bertz CT molecular complexity index is 771. The molecule has 7 heteroatoms. The predicted octanol–water partition coefficient (Wildman–Crippen LogP) is 0.401. The first-order chi connectivity index (χ1) is 10.1. The van der Waals surface area contributed by atoms with Crippen molar-refractivity contribution in [3.8, 4) is 0 Å². The van der Waals surface area contributed by atoms with Gasteiger partial charge in [-0.05, 0) is 24.8 Å². The molecule has 1 N–H and O–H groups in total. The molecule has 1 atom stereocenters. The zero-order chi connectivity index (χ0) is 15.0. The van der Waals surface area contributed by atoms with Crippen molar-refractivity contribution in [1.82, 2.24) is 19.3 Å². The largest absolute Gasteiger partial charge is 0.366 e. The van der Waals surface area contributed by atoms with Crippen LogP contribution in [0, 0.1) is 0 Å². The van der Waals surface area contributed by atoms with Crippen LogP contribution in [0.2, 0.25) is 0 Å². The van der Waals surface area contributed by atoms with E-state index in [2.05, 4.69) is 10.2 Å². The highest BCUT2D eigenvalue weighted by molar-refractivity contribution is 5.21. The van der Waals surface area contributed by atoms with Crippen LogP contribution < -0.4 is 11.2 Å². The lowest BCUT2D eigenvalue weighted by atomic mass is 9.96. The summed E-state index contributed by atoms with van der Waals surface area (Å²) in [7, 11) is 3.11. The third-order valence-corrected chi connectivity index (χ3v) is 4.04. The molecule has 0 spiro atoms. The lowest BCUT2D eigenvalue weighted by Crippen LogP contribution is -2.38. The van der Waals surface area contributed by atoms with Crippen molar-refractivity contribution in [2.45, 2.75) is 32.0 Å². The molecule has 21 heavy (non-hydrogen) atoms. The summed E-state index contributed by atoms with van der Waals surface area (Å²) in [4.78, 5) is 23.6. The number of rotatable bonds is 3. The minimum atomic E-state index is -0.341. The molecule has 112 valence electrons. The molecule has 0 radical (unpaired) electrons. The number of aromatic nitrogens is 4. The van der Waals surface area contributed by atoms with Crippen molar-refractivity contribution in [2.24, 2.45) is 14.1 Å². The number of fused-ring (bicyclic) bond motifs is 1. The Labute approximate surface area is 121 Å². The summed E-state index contributed by atoms with van der Waals surface area (Å²) in [5.74, 6) is 0. The molecule has 0 amide bonds. The number of aromatic amines is 1. The standard InChI is InChI=1S/C14H18N4O3/c1-17-10(6-12(19)18(2)14(17)20)8-21-11-5-3-4-9-7-15-16-13(9)11/h6-7,11H,3-5,8H2,1-2H3,(H,15,16). The molecule has 0 aromatic carbocycles. The molecule has 1 aliphatic rings. The third kappa shape index (κ3) is 2.44. The minimum absolute atomic E-state index is 0.0598. The topological polar surface area (TPSA) is 81.9 Å². The molecule has 0 aliphatic heterocycles. The maximum Gasteiger partial charge on any atom is 0.330 e. The summed E-state index contributed by atoms with van der Waals surface area (Å²) in [6.45, 7) is 0.227. The number of nitrogens with one attached hydrogen (secondary N) is 1. The smallest absolute Gasteiger partial charge is 0.330 e. The van der Waals surface area contributed by atoms with E-state index in [1.807, 2.05) is 6.20 Å². The normalized spacial score (nSPS) is 17.7. The van der Waals surface area contributed by atoms with E-state index in [0.29, 0.717) is 5.69 Å². The van der Waals surface area contributed by atoms with E-state index in [9.17, 15) is 9.59 Å². The molecular formula is C14H18N4O3. The SMILES string of the molecule is Cn1c(COC2CCCc3cn[nH]c32)cc(=O)n(C)c1=O. The fourth-order valence-electron chi connectivity index (χ4n) is 2.69. The molecule has 7 nitrogen and oxygen atoms in total. The van der Waals surface area contributed by atoms with E-state index >= 15 is 0 Å². The lowest BCUT2D eigenvalue weighted by molar-refractivity contribution is 0.0220. The van der Waals surface area contributed by atoms with E-state index < -0.39 is 0 Å². The third-order valence-electron chi connectivity index (χ3n) is 4.04. The Morgan fingerprint density at radius 2 is 2.19 bits per heavy atom. The second-order valence-corrected chi connectivity index (χ2v) is 5.38. The van der Waals surface area contributed by atoms with Gasteiger partial charge in [0.25, 0.3) is 5.56 Å². The lowest BCUT2D eigenvalue weighted by Gasteiger charge is -2.22. The van der Waals surface area contributed by atoms with Gasteiger partial charge in [-0.25, -0.2) is 4.79 Å². The van der Waals surface area contributed by atoms with Crippen LogP contribution in [-0.2, 0) is 31.9 Å². The van der Waals surface area contributed by atoms with Crippen molar-refractivity contribution in [1.29, 1.82) is 0 Å². The fourth-order valence-corrected chi connectivity index (χ4v) is 2.69. The van der Waals surface area contributed by atoms with Crippen molar-refractivity contribution in [2.75, 3.05) is 0 Å². The van der Waals surface area contributed by atoms with Crippen LogP contribution in [0.25, 0.3) is 0 Å². The zero-order valence-electron chi connectivity index (χ0n) is 12.1. The minimum Gasteiger partial charge on any atom is -0.366 e. The van der Waals surface area contributed by atoms with Gasteiger partial charge >= 0.3 is 5.69 Å². The second kappa shape index (κ2) is 5.33. The summed E-state index contributed by atoms with van der Waals surface area (Å²) >= 11 is 0. The molecule has 0 saturated heterocycles. The fraction of sp³-hybridized carbons (Fsp3) is 0.500. The monoisotopic (exact) mass is 290 g/mol. The number of ether oxygens (including phenoxy) is 1. The van der Waals surface area contributed by atoms with Gasteiger partial charge in [0.2, 0.25) is 0 Å². The van der Waals surface area contributed by atoms with E-state index in [-0.39, 0.29) is 24.0 Å². The summed E-state index contributed by atoms with van der Waals surface area (Å²) < 4.78 is 8.43. The Hall–Kier alpha value is -2.15. The van der Waals surface area contributed by atoms with Crippen molar-refractivity contribution in [3.05, 3.63) is 50.1 Å². The van der Waals surface area contributed by atoms with Gasteiger partial charge in [-0.15, -0.1) is 0 Å². The first kappa shape index (κ1) is 13.8. The Morgan fingerprint density at radius 3 is 3.00 bits per heavy atom. The van der Waals surface area contributed by atoms with Crippen LogP contribution in [0.5, 0.6) is 0 Å². The predicted molar refractivity (Wildman–Crippen MR) is 76.0 cm³/mol. The van der Waals surface area contributed by atoms with Crippen molar-refractivity contribution >= 4 is 0 Å². The molecule has 2 aromatic rings. The van der Waals surface area contributed by atoms with Gasteiger partial charge in [-0.1, -0.05) is 0 Å². The van der Waals surface area contributed by atoms with Gasteiger partial charge in [0.15, 0.2) is 0 Å². The Morgan fingerprint density at radius 1 is 1.38 bits per heavy atom. The molecule has 0 bridgehead atoms. The first-order valence-electron chi connectivity index (χ1n) is 6.97. The highest BCUT2D eigenvalue weighted by atomic mass is 16.5. The Kier molecular flexibility index (Phi) is 3.50. The Balaban J connectivity index is 1.81. The van der Waals surface area contributed by atoms with E-state index in [1.54, 1.807) is 7.05 Å². The van der Waals surface area contributed by atoms with Gasteiger partial charge in [-0.2, -0.15) is 5.10 Å². The van der Waals surface area contributed by atoms with Crippen LogP contribution in [0.3, 0.4) is 0 Å². The summed E-state index contributed by atoms with van der Waals surface area (Å²) in [5, 5.41) is 7.03.